The van der Waals surface area contributed by atoms with E-state index in [-0.39, 0.29) is 0 Å². The normalized spacial score (nSPS) is 11.6. The van der Waals surface area contributed by atoms with Gasteiger partial charge in [-0.05, 0) is 31.9 Å². The molecule has 2 heterocycles. The Morgan fingerprint density at radius 1 is 1.06 bits per heavy atom. The fraction of sp³-hybridized carbons (Fsp3) is 0.500. The van der Waals surface area contributed by atoms with Crippen molar-refractivity contribution in [1.82, 2.24) is 14.6 Å². The third-order valence-corrected chi connectivity index (χ3v) is 3.29. The highest BCUT2D eigenvalue weighted by Crippen LogP contribution is 2.26. The van der Waals surface area contributed by atoms with Crippen LogP contribution in [0.2, 0.25) is 0 Å². The molecule has 0 aliphatic rings. The number of hydrogen-bond donors (Lipinski definition) is 1. The summed E-state index contributed by atoms with van der Waals surface area (Å²) in [7, 11) is 0. The van der Waals surface area contributed by atoms with E-state index >= 15 is 0 Å². The van der Waals surface area contributed by atoms with E-state index in [0.717, 1.165) is 22.7 Å². The molecule has 2 aromatic rings. The van der Waals surface area contributed by atoms with E-state index < -0.39 is 0 Å². The zero-order valence-electron chi connectivity index (χ0n) is 10.5. The maximum Gasteiger partial charge on any atom is 0.184 e. The Balaban J connectivity index is 2.94. The quantitative estimate of drug-likeness (QED) is 0.799. The second kappa shape index (κ2) is 3.47. The van der Waals surface area contributed by atoms with Gasteiger partial charge >= 0.3 is 0 Å². The van der Waals surface area contributed by atoms with Crippen LogP contribution in [-0.2, 0) is 0 Å². The van der Waals surface area contributed by atoms with Crippen molar-refractivity contribution in [3.05, 3.63) is 22.6 Å². The summed E-state index contributed by atoms with van der Waals surface area (Å²) >= 11 is 0. The zero-order chi connectivity index (χ0) is 12.0. The van der Waals surface area contributed by atoms with Crippen LogP contribution in [0.15, 0.2) is 0 Å². The standard InChI is InChI=1S/C12H18N4/c1-6(2)11-14-15-12-10(13)8(4)7(3)9(5)16(11)12/h6H,13H2,1-5H3. The average Bonchev–Trinajstić information content (AvgIpc) is 2.67. The van der Waals surface area contributed by atoms with Gasteiger partial charge in [0.15, 0.2) is 5.65 Å². The van der Waals surface area contributed by atoms with Crippen LogP contribution < -0.4 is 5.73 Å². The summed E-state index contributed by atoms with van der Waals surface area (Å²) in [5.41, 5.74) is 11.1. The predicted molar refractivity (Wildman–Crippen MR) is 65.7 cm³/mol. The van der Waals surface area contributed by atoms with E-state index in [9.17, 15) is 0 Å². The lowest BCUT2D eigenvalue weighted by Crippen LogP contribution is -2.06. The van der Waals surface area contributed by atoms with Gasteiger partial charge in [-0.2, -0.15) is 0 Å². The highest BCUT2D eigenvalue weighted by atomic mass is 15.3. The van der Waals surface area contributed by atoms with Crippen LogP contribution in [0.1, 0.15) is 42.4 Å². The number of rotatable bonds is 1. The average molecular weight is 218 g/mol. The van der Waals surface area contributed by atoms with E-state index in [1.54, 1.807) is 0 Å². The Kier molecular flexibility index (Phi) is 2.37. The van der Waals surface area contributed by atoms with Crippen molar-refractivity contribution in [3.8, 4) is 0 Å². The third kappa shape index (κ3) is 1.29. The number of nitrogens with two attached hydrogens (primary N) is 1. The Bertz CT molecular complexity index is 552. The molecule has 0 fully saturated rings. The van der Waals surface area contributed by atoms with Gasteiger partial charge in [-0.25, -0.2) is 0 Å². The van der Waals surface area contributed by atoms with Gasteiger partial charge in [0.1, 0.15) is 5.82 Å². The summed E-state index contributed by atoms with van der Waals surface area (Å²) < 4.78 is 2.07. The summed E-state index contributed by atoms with van der Waals surface area (Å²) in [6, 6.07) is 0. The van der Waals surface area contributed by atoms with Gasteiger partial charge in [0.05, 0.1) is 5.69 Å². The van der Waals surface area contributed by atoms with Gasteiger partial charge in [-0.15, -0.1) is 10.2 Å². The third-order valence-electron chi connectivity index (χ3n) is 3.29. The van der Waals surface area contributed by atoms with Crippen LogP contribution in [0.5, 0.6) is 0 Å². The van der Waals surface area contributed by atoms with Crippen molar-refractivity contribution in [2.75, 3.05) is 5.73 Å². The Morgan fingerprint density at radius 2 is 1.69 bits per heavy atom. The molecule has 4 heteroatoms. The molecule has 2 aromatic heterocycles. The number of hydrogen-bond acceptors (Lipinski definition) is 3. The Morgan fingerprint density at radius 3 is 2.25 bits per heavy atom. The van der Waals surface area contributed by atoms with E-state index in [4.69, 9.17) is 5.73 Å². The second-order valence-corrected chi connectivity index (χ2v) is 4.62. The number of fused-ring (bicyclic) bond motifs is 1. The SMILES string of the molecule is Cc1c(C)c(C)n2c(C(C)C)nnc2c1N. The number of anilines is 1. The van der Waals surface area contributed by atoms with Gasteiger partial charge in [0.25, 0.3) is 0 Å². The van der Waals surface area contributed by atoms with Crippen LogP contribution in [0.4, 0.5) is 5.69 Å². The minimum atomic E-state index is 0.343. The van der Waals surface area contributed by atoms with Gasteiger partial charge in [-0.3, -0.25) is 4.40 Å². The van der Waals surface area contributed by atoms with Crippen molar-refractivity contribution < 1.29 is 0 Å². The van der Waals surface area contributed by atoms with Crippen molar-refractivity contribution in [2.45, 2.75) is 40.5 Å². The number of nitrogens with zero attached hydrogens (tertiary/aromatic N) is 3. The topological polar surface area (TPSA) is 56.2 Å². The molecule has 0 saturated heterocycles. The summed E-state index contributed by atoms with van der Waals surface area (Å²) in [5.74, 6) is 1.32. The molecule has 0 amide bonds. The first-order chi connectivity index (χ1) is 7.45. The second-order valence-electron chi connectivity index (χ2n) is 4.62. The van der Waals surface area contributed by atoms with Crippen molar-refractivity contribution in [1.29, 1.82) is 0 Å². The lowest BCUT2D eigenvalue weighted by Gasteiger charge is -2.13. The summed E-state index contributed by atoms with van der Waals surface area (Å²) in [6.45, 7) is 10.4. The van der Waals surface area contributed by atoms with Gasteiger partial charge < -0.3 is 5.73 Å². The molecule has 0 spiro atoms. The van der Waals surface area contributed by atoms with E-state index in [1.165, 1.54) is 11.3 Å². The van der Waals surface area contributed by atoms with Crippen molar-refractivity contribution in [3.63, 3.8) is 0 Å². The molecule has 0 aliphatic heterocycles. The zero-order valence-corrected chi connectivity index (χ0v) is 10.5. The molecule has 0 atom stereocenters. The molecule has 0 aromatic carbocycles. The first-order valence-electron chi connectivity index (χ1n) is 5.55. The molecular formula is C12H18N4. The number of aromatic nitrogens is 3. The van der Waals surface area contributed by atoms with Crippen LogP contribution in [0.25, 0.3) is 5.65 Å². The first kappa shape index (κ1) is 10.9. The lowest BCUT2D eigenvalue weighted by atomic mass is 10.1. The first-order valence-corrected chi connectivity index (χ1v) is 5.55. The Hall–Kier alpha value is -1.58. The minimum absolute atomic E-state index is 0.343. The van der Waals surface area contributed by atoms with Crippen LogP contribution in [0, 0.1) is 20.8 Å². The van der Waals surface area contributed by atoms with Crippen molar-refractivity contribution in [2.24, 2.45) is 0 Å². The fourth-order valence-electron chi connectivity index (χ4n) is 1.98. The van der Waals surface area contributed by atoms with E-state index in [2.05, 4.69) is 42.3 Å². The molecule has 0 unspecified atom stereocenters. The highest BCUT2D eigenvalue weighted by Gasteiger charge is 2.16. The van der Waals surface area contributed by atoms with Crippen LogP contribution in [-0.4, -0.2) is 14.6 Å². The number of nitrogen functional groups attached to an aromatic ring is 1. The maximum atomic E-state index is 6.08. The molecule has 86 valence electrons. The van der Waals surface area contributed by atoms with Gasteiger partial charge in [0, 0.05) is 11.6 Å². The largest absolute Gasteiger partial charge is 0.395 e. The molecule has 2 rings (SSSR count). The highest BCUT2D eigenvalue weighted by molar-refractivity contribution is 5.71. The van der Waals surface area contributed by atoms with Gasteiger partial charge in [0.2, 0.25) is 0 Å². The minimum Gasteiger partial charge on any atom is -0.395 e. The molecule has 0 aliphatic carbocycles. The van der Waals surface area contributed by atoms with Crippen LogP contribution in [0.3, 0.4) is 0 Å². The number of aryl methyl sites for hydroxylation is 1. The van der Waals surface area contributed by atoms with Crippen molar-refractivity contribution >= 4 is 11.3 Å². The molecule has 16 heavy (non-hydrogen) atoms. The monoisotopic (exact) mass is 218 g/mol. The summed E-state index contributed by atoms with van der Waals surface area (Å²) in [4.78, 5) is 0. The number of pyridine rings is 1. The van der Waals surface area contributed by atoms with E-state index in [1.807, 2.05) is 6.92 Å². The lowest BCUT2D eigenvalue weighted by molar-refractivity contribution is 0.750. The maximum absolute atomic E-state index is 6.08. The van der Waals surface area contributed by atoms with Gasteiger partial charge in [-0.1, -0.05) is 13.8 Å². The molecule has 4 nitrogen and oxygen atoms in total. The summed E-state index contributed by atoms with van der Waals surface area (Å²) in [6.07, 6.45) is 0. The van der Waals surface area contributed by atoms with Crippen LogP contribution >= 0.6 is 0 Å². The molecule has 0 radical (unpaired) electrons. The molecule has 0 saturated carbocycles. The smallest absolute Gasteiger partial charge is 0.184 e. The Labute approximate surface area is 95.5 Å². The fourth-order valence-corrected chi connectivity index (χ4v) is 1.98. The summed E-state index contributed by atoms with van der Waals surface area (Å²) in [5, 5.41) is 8.42. The molecular weight excluding hydrogens is 200 g/mol. The molecule has 0 bridgehead atoms. The molecule has 2 N–H and O–H groups in total. The predicted octanol–water partition coefficient (Wildman–Crippen LogP) is 2.36. The van der Waals surface area contributed by atoms with E-state index in [0.29, 0.717) is 5.92 Å².